The standard InChI is InChI=1S/C17H13BrN4OS2/c1-22(7-15-19-11-4-2-3-5-12(11)20-15)17(23)13-9-25-16(21-13)14-6-10(18)8-24-14/h2-6,8-9H,7H2,1H3,(H,19,20). The van der Waals surface area contributed by atoms with Crippen molar-refractivity contribution in [1.29, 1.82) is 0 Å². The van der Waals surface area contributed by atoms with Crippen LogP contribution in [0.1, 0.15) is 16.3 Å². The molecule has 0 saturated carbocycles. The molecule has 4 aromatic rings. The average molecular weight is 433 g/mol. The van der Waals surface area contributed by atoms with Gasteiger partial charge in [-0.15, -0.1) is 22.7 Å². The molecule has 4 rings (SSSR count). The summed E-state index contributed by atoms with van der Waals surface area (Å²) in [5.74, 6) is 0.647. The molecule has 8 heteroatoms. The average Bonchev–Trinajstić information content (AvgIpc) is 3.32. The van der Waals surface area contributed by atoms with E-state index in [4.69, 9.17) is 0 Å². The molecule has 0 radical (unpaired) electrons. The molecule has 0 spiro atoms. The summed E-state index contributed by atoms with van der Waals surface area (Å²) in [5.41, 5.74) is 2.33. The Kier molecular flexibility index (Phi) is 4.41. The maximum Gasteiger partial charge on any atom is 0.273 e. The van der Waals surface area contributed by atoms with E-state index < -0.39 is 0 Å². The van der Waals surface area contributed by atoms with Gasteiger partial charge in [0.1, 0.15) is 16.5 Å². The number of rotatable bonds is 4. The zero-order valence-electron chi connectivity index (χ0n) is 13.2. The van der Waals surface area contributed by atoms with Crippen molar-refractivity contribution in [1.82, 2.24) is 19.9 Å². The Morgan fingerprint density at radius 2 is 2.08 bits per heavy atom. The third-order valence-electron chi connectivity index (χ3n) is 3.67. The van der Waals surface area contributed by atoms with E-state index in [0.29, 0.717) is 12.2 Å². The number of para-hydroxylation sites is 2. The number of thiophene rings is 1. The molecule has 0 fully saturated rings. The first-order valence-electron chi connectivity index (χ1n) is 7.49. The third-order valence-corrected chi connectivity index (χ3v) is 6.38. The second-order valence-corrected chi connectivity index (χ2v) is 8.21. The Morgan fingerprint density at radius 3 is 2.84 bits per heavy atom. The number of H-pyrrole nitrogens is 1. The molecule has 0 atom stereocenters. The van der Waals surface area contributed by atoms with Gasteiger partial charge in [0.2, 0.25) is 0 Å². The van der Waals surface area contributed by atoms with Crippen molar-refractivity contribution in [3.05, 3.63) is 57.1 Å². The smallest absolute Gasteiger partial charge is 0.273 e. The summed E-state index contributed by atoms with van der Waals surface area (Å²) in [4.78, 5) is 27.6. The number of aromatic amines is 1. The van der Waals surface area contributed by atoms with Gasteiger partial charge in [0.15, 0.2) is 0 Å². The zero-order chi connectivity index (χ0) is 17.4. The van der Waals surface area contributed by atoms with Crippen LogP contribution in [0.15, 0.2) is 45.6 Å². The van der Waals surface area contributed by atoms with E-state index in [1.807, 2.05) is 35.7 Å². The molecular weight excluding hydrogens is 420 g/mol. The zero-order valence-corrected chi connectivity index (χ0v) is 16.4. The minimum Gasteiger partial charge on any atom is -0.340 e. The predicted molar refractivity (Wildman–Crippen MR) is 105 cm³/mol. The number of fused-ring (bicyclic) bond motifs is 1. The number of hydrogen-bond acceptors (Lipinski definition) is 5. The van der Waals surface area contributed by atoms with Gasteiger partial charge in [-0.3, -0.25) is 4.79 Å². The van der Waals surface area contributed by atoms with Crippen molar-refractivity contribution in [2.24, 2.45) is 0 Å². The van der Waals surface area contributed by atoms with E-state index in [2.05, 4.69) is 30.9 Å². The molecule has 5 nitrogen and oxygen atoms in total. The number of nitrogens with one attached hydrogen (secondary N) is 1. The second-order valence-electron chi connectivity index (χ2n) is 5.53. The fourth-order valence-corrected chi connectivity index (χ4v) is 4.78. The molecule has 0 bridgehead atoms. The first-order chi connectivity index (χ1) is 12.1. The highest BCUT2D eigenvalue weighted by Crippen LogP contribution is 2.32. The Labute approximate surface area is 160 Å². The lowest BCUT2D eigenvalue weighted by molar-refractivity contribution is 0.0777. The van der Waals surface area contributed by atoms with Crippen LogP contribution in [0.2, 0.25) is 0 Å². The summed E-state index contributed by atoms with van der Waals surface area (Å²) in [6.07, 6.45) is 0. The normalized spacial score (nSPS) is 11.1. The molecule has 3 aromatic heterocycles. The molecular formula is C17H13BrN4OS2. The van der Waals surface area contributed by atoms with Crippen molar-refractivity contribution in [2.45, 2.75) is 6.54 Å². The van der Waals surface area contributed by atoms with Crippen LogP contribution in [-0.4, -0.2) is 32.8 Å². The third kappa shape index (κ3) is 3.37. The van der Waals surface area contributed by atoms with Gasteiger partial charge in [0.25, 0.3) is 5.91 Å². The van der Waals surface area contributed by atoms with Crippen LogP contribution in [-0.2, 0) is 6.54 Å². The Bertz CT molecular complexity index is 1020. The highest BCUT2D eigenvalue weighted by Gasteiger charge is 2.18. The molecule has 3 heterocycles. The Morgan fingerprint density at radius 1 is 1.24 bits per heavy atom. The first kappa shape index (κ1) is 16.4. The molecule has 0 saturated heterocycles. The predicted octanol–water partition coefficient (Wildman–Crippen LogP) is 4.78. The largest absolute Gasteiger partial charge is 0.340 e. The fraction of sp³-hybridized carbons (Fsp3) is 0.118. The van der Waals surface area contributed by atoms with Gasteiger partial charge in [-0.25, -0.2) is 9.97 Å². The van der Waals surface area contributed by atoms with Crippen LogP contribution in [0.3, 0.4) is 0 Å². The van der Waals surface area contributed by atoms with Gasteiger partial charge in [0.05, 0.1) is 22.5 Å². The van der Waals surface area contributed by atoms with Crippen molar-refractivity contribution >= 4 is 55.5 Å². The minimum atomic E-state index is -0.112. The number of benzene rings is 1. The van der Waals surface area contributed by atoms with E-state index in [0.717, 1.165) is 31.2 Å². The summed E-state index contributed by atoms with van der Waals surface area (Å²) in [5, 5.41) is 4.67. The number of amides is 1. The van der Waals surface area contributed by atoms with E-state index >= 15 is 0 Å². The summed E-state index contributed by atoms with van der Waals surface area (Å²) in [7, 11) is 1.76. The molecule has 0 aliphatic rings. The van der Waals surface area contributed by atoms with Crippen LogP contribution in [0.25, 0.3) is 20.9 Å². The Hall–Kier alpha value is -2.03. The number of carbonyl (C=O) groups is 1. The van der Waals surface area contributed by atoms with Crippen LogP contribution in [0, 0.1) is 0 Å². The van der Waals surface area contributed by atoms with Crippen LogP contribution in [0.5, 0.6) is 0 Å². The van der Waals surface area contributed by atoms with Gasteiger partial charge in [-0.2, -0.15) is 0 Å². The maximum absolute atomic E-state index is 12.6. The topological polar surface area (TPSA) is 61.9 Å². The number of halogens is 1. The number of nitrogens with zero attached hydrogens (tertiary/aromatic N) is 3. The summed E-state index contributed by atoms with van der Waals surface area (Å²) >= 11 is 6.52. The number of hydrogen-bond donors (Lipinski definition) is 1. The van der Waals surface area contributed by atoms with Gasteiger partial charge in [-0.1, -0.05) is 12.1 Å². The van der Waals surface area contributed by atoms with E-state index in [1.165, 1.54) is 11.3 Å². The lowest BCUT2D eigenvalue weighted by atomic mass is 10.3. The van der Waals surface area contributed by atoms with Gasteiger partial charge in [-0.05, 0) is 34.1 Å². The summed E-state index contributed by atoms with van der Waals surface area (Å²) in [6, 6.07) is 9.83. The molecule has 1 aromatic carbocycles. The van der Waals surface area contributed by atoms with Crippen molar-refractivity contribution in [3.63, 3.8) is 0 Å². The second kappa shape index (κ2) is 6.70. The van der Waals surface area contributed by atoms with Gasteiger partial charge < -0.3 is 9.88 Å². The molecule has 25 heavy (non-hydrogen) atoms. The van der Waals surface area contributed by atoms with Gasteiger partial charge >= 0.3 is 0 Å². The van der Waals surface area contributed by atoms with Crippen LogP contribution < -0.4 is 0 Å². The van der Waals surface area contributed by atoms with Crippen LogP contribution in [0.4, 0.5) is 0 Å². The summed E-state index contributed by atoms with van der Waals surface area (Å²) in [6.45, 7) is 0.408. The van der Waals surface area contributed by atoms with Crippen molar-refractivity contribution in [2.75, 3.05) is 7.05 Å². The number of imidazole rings is 1. The first-order valence-corrected chi connectivity index (χ1v) is 10.0. The van der Waals surface area contributed by atoms with E-state index in [-0.39, 0.29) is 5.91 Å². The molecule has 0 aliphatic carbocycles. The van der Waals surface area contributed by atoms with E-state index in [9.17, 15) is 4.79 Å². The molecule has 1 N–H and O–H groups in total. The molecule has 0 aliphatic heterocycles. The SMILES string of the molecule is CN(Cc1nc2ccccc2[nH]1)C(=O)c1csc(-c2cc(Br)cs2)n1. The molecule has 0 unspecified atom stereocenters. The highest BCUT2D eigenvalue weighted by molar-refractivity contribution is 9.10. The quantitative estimate of drug-likeness (QED) is 0.504. The van der Waals surface area contributed by atoms with Gasteiger partial charge in [0, 0.05) is 22.3 Å². The van der Waals surface area contributed by atoms with Crippen molar-refractivity contribution in [3.8, 4) is 9.88 Å². The summed E-state index contributed by atoms with van der Waals surface area (Å²) < 4.78 is 1.03. The fourth-order valence-electron chi connectivity index (χ4n) is 2.48. The molecule has 126 valence electrons. The lowest BCUT2D eigenvalue weighted by Gasteiger charge is -2.13. The highest BCUT2D eigenvalue weighted by atomic mass is 79.9. The number of aromatic nitrogens is 3. The number of thiazole rings is 1. The number of carbonyl (C=O) groups excluding carboxylic acids is 1. The Balaban J connectivity index is 1.51. The molecule has 1 amide bonds. The monoisotopic (exact) mass is 432 g/mol. The van der Waals surface area contributed by atoms with E-state index in [1.54, 1.807) is 28.7 Å². The van der Waals surface area contributed by atoms with Crippen LogP contribution >= 0.6 is 38.6 Å². The van der Waals surface area contributed by atoms with Crippen molar-refractivity contribution < 1.29 is 4.79 Å². The minimum absolute atomic E-state index is 0.112. The lowest BCUT2D eigenvalue weighted by Crippen LogP contribution is -2.27. The maximum atomic E-state index is 12.6.